The summed E-state index contributed by atoms with van der Waals surface area (Å²) in [4.78, 5) is 35.7. The lowest BCUT2D eigenvalue weighted by atomic mass is 9.85. The standard InChI is InChI=1S/C44H83O13P/c1-3-5-7-9-11-13-15-17-19-21-23-25-27-29-31-33-38(46)56-36(35-55-58(52,53)57-44-42(50)40(48)39(47)41(49)43(44)51)34-54-37(45)32-30-28-26-24-22-20-18-16-14-12-10-8-6-4-2/h13,15,36,39-44,47-51H,3-12,14,16-35H2,1-2H3,(H,52,53)/b15-13+/t36-,39?,40-,41?,42?,43?,44?/m0/s1. The summed E-state index contributed by atoms with van der Waals surface area (Å²) in [5.74, 6) is -1.10. The maximum atomic E-state index is 12.8. The van der Waals surface area contributed by atoms with Crippen LogP contribution in [0.2, 0.25) is 0 Å². The monoisotopic (exact) mass is 851 g/mol. The first kappa shape index (κ1) is 54.6. The smallest absolute Gasteiger partial charge is 0.462 e. The average molecular weight is 851 g/mol. The molecule has 342 valence electrons. The van der Waals surface area contributed by atoms with Crippen LogP contribution >= 0.6 is 7.82 Å². The molecule has 0 aromatic rings. The molecule has 1 fully saturated rings. The summed E-state index contributed by atoms with van der Waals surface area (Å²) in [5.41, 5.74) is 0. The molecule has 14 heteroatoms. The van der Waals surface area contributed by atoms with E-state index >= 15 is 0 Å². The second-order valence-corrected chi connectivity index (χ2v) is 17.7. The fraction of sp³-hybridized carbons (Fsp3) is 0.909. The number of hydrogen-bond donors (Lipinski definition) is 6. The zero-order valence-corrected chi connectivity index (χ0v) is 37.0. The van der Waals surface area contributed by atoms with Gasteiger partial charge in [-0.1, -0.05) is 161 Å². The Balaban J connectivity index is 2.46. The van der Waals surface area contributed by atoms with Gasteiger partial charge in [-0.2, -0.15) is 0 Å². The first-order valence-electron chi connectivity index (χ1n) is 23.0. The van der Waals surface area contributed by atoms with Crippen LogP contribution in [0.3, 0.4) is 0 Å². The van der Waals surface area contributed by atoms with Gasteiger partial charge in [0, 0.05) is 12.8 Å². The molecule has 0 bridgehead atoms. The fourth-order valence-electron chi connectivity index (χ4n) is 7.11. The lowest BCUT2D eigenvalue weighted by Gasteiger charge is -2.41. The highest BCUT2D eigenvalue weighted by atomic mass is 31.2. The van der Waals surface area contributed by atoms with Crippen LogP contribution in [0.5, 0.6) is 0 Å². The van der Waals surface area contributed by atoms with Gasteiger partial charge in [0.2, 0.25) is 0 Å². The summed E-state index contributed by atoms with van der Waals surface area (Å²) in [7, 11) is -5.11. The molecule has 6 N–H and O–H groups in total. The summed E-state index contributed by atoms with van der Waals surface area (Å²) in [6.07, 6.45) is 22.6. The first-order chi connectivity index (χ1) is 27.9. The average Bonchev–Trinajstić information content (AvgIpc) is 3.20. The van der Waals surface area contributed by atoms with Crippen molar-refractivity contribution in [3.63, 3.8) is 0 Å². The van der Waals surface area contributed by atoms with Gasteiger partial charge in [0.05, 0.1) is 6.61 Å². The Kier molecular flexibility index (Phi) is 33.2. The van der Waals surface area contributed by atoms with E-state index in [9.17, 15) is 44.6 Å². The van der Waals surface area contributed by atoms with Crippen molar-refractivity contribution in [3.8, 4) is 0 Å². The molecule has 1 rings (SSSR count). The Morgan fingerprint density at radius 1 is 0.517 bits per heavy atom. The molecule has 58 heavy (non-hydrogen) atoms. The van der Waals surface area contributed by atoms with E-state index in [-0.39, 0.29) is 12.8 Å². The quantitative estimate of drug-likeness (QED) is 0.0149. The van der Waals surface area contributed by atoms with E-state index in [1.54, 1.807) is 0 Å². The number of ether oxygens (including phenoxy) is 2. The number of esters is 2. The van der Waals surface area contributed by atoms with Crippen molar-refractivity contribution >= 4 is 19.8 Å². The minimum Gasteiger partial charge on any atom is -0.462 e. The molecule has 6 unspecified atom stereocenters. The number of phosphoric ester groups is 1. The number of carbonyl (C=O) groups is 2. The van der Waals surface area contributed by atoms with E-state index in [0.717, 1.165) is 57.8 Å². The van der Waals surface area contributed by atoms with Gasteiger partial charge in [-0.3, -0.25) is 18.6 Å². The number of aliphatic hydroxyl groups excluding tert-OH is 5. The third-order valence-corrected chi connectivity index (χ3v) is 11.8. The number of aliphatic hydroxyl groups is 5. The third-order valence-electron chi connectivity index (χ3n) is 10.9. The van der Waals surface area contributed by atoms with Gasteiger partial charge < -0.3 is 39.9 Å². The van der Waals surface area contributed by atoms with Crippen molar-refractivity contribution in [2.45, 2.75) is 243 Å². The van der Waals surface area contributed by atoms with E-state index in [2.05, 4.69) is 26.0 Å². The predicted molar refractivity (Wildman–Crippen MR) is 226 cm³/mol. The summed E-state index contributed by atoms with van der Waals surface area (Å²) < 4.78 is 33.5. The van der Waals surface area contributed by atoms with Gasteiger partial charge in [0.25, 0.3) is 0 Å². The topological polar surface area (TPSA) is 210 Å². The summed E-state index contributed by atoms with van der Waals surface area (Å²) in [6, 6.07) is 0. The molecule has 1 aliphatic rings. The molecule has 0 aromatic heterocycles. The Morgan fingerprint density at radius 3 is 1.33 bits per heavy atom. The zero-order valence-electron chi connectivity index (χ0n) is 36.1. The third kappa shape index (κ3) is 27.4. The fourth-order valence-corrected chi connectivity index (χ4v) is 8.08. The van der Waals surface area contributed by atoms with Crippen molar-refractivity contribution in [2.24, 2.45) is 0 Å². The lowest BCUT2D eigenvalue weighted by Crippen LogP contribution is -2.64. The number of allylic oxidation sites excluding steroid dienone is 2. The minimum atomic E-state index is -5.11. The SMILES string of the molecule is CCCCCC/C=C/CCCCCCCCCC(=O)O[C@@H](COC(=O)CCCCCCCCCCCCCCCC)COP(=O)(O)OC1C(O)C(O)C(O)[C@H](O)C1O. The molecular formula is C44H83O13P. The molecule has 0 aliphatic heterocycles. The molecule has 1 saturated carbocycles. The highest BCUT2D eigenvalue weighted by Crippen LogP contribution is 2.47. The largest absolute Gasteiger partial charge is 0.472 e. The lowest BCUT2D eigenvalue weighted by molar-refractivity contribution is -0.220. The van der Waals surface area contributed by atoms with Crippen molar-refractivity contribution < 1.29 is 63.1 Å². The molecule has 0 spiro atoms. The van der Waals surface area contributed by atoms with Gasteiger partial charge in [-0.05, 0) is 38.5 Å². The van der Waals surface area contributed by atoms with Gasteiger partial charge in [-0.15, -0.1) is 0 Å². The maximum absolute atomic E-state index is 12.8. The van der Waals surface area contributed by atoms with Crippen LogP contribution in [-0.4, -0.2) is 98.3 Å². The molecule has 8 atom stereocenters. The number of hydrogen-bond acceptors (Lipinski definition) is 12. The van der Waals surface area contributed by atoms with Gasteiger partial charge in [0.1, 0.15) is 43.2 Å². The van der Waals surface area contributed by atoms with Gasteiger partial charge in [-0.25, -0.2) is 4.57 Å². The highest BCUT2D eigenvalue weighted by Gasteiger charge is 2.51. The molecule has 13 nitrogen and oxygen atoms in total. The van der Waals surface area contributed by atoms with E-state index in [1.807, 2.05) is 0 Å². The van der Waals surface area contributed by atoms with Crippen LogP contribution in [0.4, 0.5) is 0 Å². The number of carbonyl (C=O) groups excluding carboxylic acids is 2. The van der Waals surface area contributed by atoms with Crippen LogP contribution in [0.1, 0.15) is 200 Å². The van der Waals surface area contributed by atoms with E-state index in [4.69, 9.17) is 18.5 Å². The predicted octanol–water partition coefficient (Wildman–Crippen LogP) is 8.67. The normalized spacial score (nSPS) is 22.6. The van der Waals surface area contributed by atoms with Crippen molar-refractivity contribution in [1.29, 1.82) is 0 Å². The summed E-state index contributed by atoms with van der Waals surface area (Å²) >= 11 is 0. The van der Waals surface area contributed by atoms with E-state index < -0.39 is 75.7 Å². The molecule has 0 heterocycles. The second-order valence-electron chi connectivity index (χ2n) is 16.3. The molecule has 0 aromatic carbocycles. The molecule has 0 radical (unpaired) electrons. The van der Waals surface area contributed by atoms with Gasteiger partial charge in [0.15, 0.2) is 6.10 Å². The van der Waals surface area contributed by atoms with Crippen molar-refractivity contribution in [1.82, 2.24) is 0 Å². The van der Waals surface area contributed by atoms with E-state index in [0.29, 0.717) is 12.8 Å². The maximum Gasteiger partial charge on any atom is 0.472 e. The minimum absolute atomic E-state index is 0.0956. The van der Waals surface area contributed by atoms with Crippen LogP contribution in [0, 0.1) is 0 Å². The van der Waals surface area contributed by atoms with Crippen LogP contribution < -0.4 is 0 Å². The Labute approximate surface area is 350 Å². The molecular weight excluding hydrogens is 767 g/mol. The van der Waals surface area contributed by atoms with Crippen LogP contribution in [0.25, 0.3) is 0 Å². The van der Waals surface area contributed by atoms with Crippen molar-refractivity contribution in [2.75, 3.05) is 13.2 Å². The Morgan fingerprint density at radius 2 is 0.879 bits per heavy atom. The number of phosphoric acid groups is 1. The number of rotatable bonds is 38. The molecule has 0 saturated heterocycles. The highest BCUT2D eigenvalue weighted by molar-refractivity contribution is 7.47. The van der Waals surface area contributed by atoms with Crippen LogP contribution in [0.15, 0.2) is 12.2 Å². The van der Waals surface area contributed by atoms with Gasteiger partial charge >= 0.3 is 19.8 Å². The zero-order chi connectivity index (χ0) is 42.9. The summed E-state index contributed by atoms with van der Waals surface area (Å²) in [6.45, 7) is 3.29. The van der Waals surface area contributed by atoms with Crippen LogP contribution in [-0.2, 0) is 32.7 Å². The Hall–Kier alpha value is -1.41. The van der Waals surface area contributed by atoms with Crippen molar-refractivity contribution in [3.05, 3.63) is 12.2 Å². The molecule has 0 amide bonds. The number of unbranched alkanes of at least 4 members (excludes halogenated alkanes) is 24. The molecule has 1 aliphatic carbocycles. The second kappa shape index (κ2) is 35.2. The summed E-state index contributed by atoms with van der Waals surface area (Å²) in [5, 5.41) is 50.1. The van der Waals surface area contributed by atoms with E-state index in [1.165, 1.54) is 103 Å². The Bertz CT molecular complexity index is 1080. The first-order valence-corrected chi connectivity index (χ1v) is 24.5.